The van der Waals surface area contributed by atoms with Gasteiger partial charge < -0.3 is 5.32 Å². The quantitative estimate of drug-likeness (QED) is 0.631. The molecule has 0 saturated carbocycles. The smallest absolute Gasteiger partial charge is 0.285 e. The molecule has 102 valence electrons. The Morgan fingerprint density at radius 2 is 2.00 bits per heavy atom. The summed E-state index contributed by atoms with van der Waals surface area (Å²) in [6, 6.07) is 7.75. The first kappa shape index (κ1) is 13.3. The number of sulfonamides is 1. The molecule has 8 nitrogen and oxygen atoms in total. The number of hydrazone groups is 1. The van der Waals surface area contributed by atoms with Gasteiger partial charge in [-0.15, -0.1) is 0 Å². The molecule has 0 spiro atoms. The van der Waals surface area contributed by atoms with Gasteiger partial charge in [-0.05, 0) is 18.6 Å². The van der Waals surface area contributed by atoms with Crippen LogP contribution in [0.25, 0.3) is 0 Å². The highest BCUT2D eigenvalue weighted by Gasteiger charge is 2.31. The highest BCUT2D eigenvalue weighted by Crippen LogP contribution is 2.17. The second-order valence-corrected chi connectivity index (χ2v) is 5.69. The zero-order chi connectivity index (χ0) is 13.9. The molecule has 1 aliphatic rings. The highest BCUT2D eigenvalue weighted by molar-refractivity contribution is 7.89. The molecular weight excluding hydrogens is 272 g/mol. The van der Waals surface area contributed by atoms with Gasteiger partial charge in [-0.3, -0.25) is 0 Å². The minimum Gasteiger partial charge on any atom is -0.350 e. The fourth-order valence-corrected chi connectivity index (χ4v) is 3.19. The zero-order valence-electron chi connectivity index (χ0n) is 9.89. The molecule has 2 rings (SSSR count). The Kier molecular flexibility index (Phi) is 3.65. The van der Waals surface area contributed by atoms with Gasteiger partial charge in [0.05, 0.1) is 4.90 Å². The average Bonchev–Trinajstić information content (AvgIpc) is 2.39. The largest absolute Gasteiger partial charge is 0.350 e. The van der Waals surface area contributed by atoms with Crippen molar-refractivity contribution in [3.63, 3.8) is 0 Å². The molecule has 0 atom stereocenters. The Balaban J connectivity index is 2.40. The van der Waals surface area contributed by atoms with E-state index in [4.69, 9.17) is 0 Å². The minimum atomic E-state index is -3.82. The molecule has 0 aromatic heterocycles. The van der Waals surface area contributed by atoms with Crippen LogP contribution in [0.3, 0.4) is 0 Å². The fourth-order valence-electron chi connectivity index (χ4n) is 1.73. The molecule has 1 fully saturated rings. The number of nitro groups is 1. The molecule has 1 N–H and O–H groups in total. The Hall–Kier alpha value is -2.16. The molecule has 9 heteroatoms. The van der Waals surface area contributed by atoms with E-state index in [9.17, 15) is 18.5 Å². The number of hydrogen-bond donors (Lipinski definition) is 1. The van der Waals surface area contributed by atoms with Gasteiger partial charge >= 0.3 is 0 Å². The lowest BCUT2D eigenvalue weighted by Gasteiger charge is -2.28. The average molecular weight is 284 g/mol. The topological polar surface area (TPSA) is 105 Å². The van der Waals surface area contributed by atoms with E-state index in [2.05, 4.69) is 10.4 Å². The van der Waals surface area contributed by atoms with Crippen LogP contribution in [0, 0.1) is 10.1 Å². The van der Waals surface area contributed by atoms with E-state index in [1.165, 1.54) is 12.1 Å². The maximum Gasteiger partial charge on any atom is 0.285 e. The lowest BCUT2D eigenvalue weighted by Crippen LogP contribution is -2.50. The number of nitrogens with one attached hydrogen (secondary N) is 1. The molecule has 0 amide bonds. The predicted molar refractivity (Wildman–Crippen MR) is 67.4 cm³/mol. The summed E-state index contributed by atoms with van der Waals surface area (Å²) in [5.74, 6) is -0.250. The Bertz CT molecular complexity index is 599. The van der Waals surface area contributed by atoms with Gasteiger partial charge in [0.1, 0.15) is 5.10 Å². The molecule has 1 heterocycles. The van der Waals surface area contributed by atoms with Gasteiger partial charge in [0.2, 0.25) is 0 Å². The van der Waals surface area contributed by atoms with Crippen LogP contribution in [0.4, 0.5) is 0 Å². The lowest BCUT2D eigenvalue weighted by molar-refractivity contribution is -0.485. The zero-order valence-corrected chi connectivity index (χ0v) is 10.7. The SMILES string of the molecule is O=[N+]([O-])N=C1NCCCN1S(=O)(=O)c1ccccc1. The maximum absolute atomic E-state index is 12.4. The molecule has 1 aromatic carbocycles. The van der Waals surface area contributed by atoms with Gasteiger partial charge in [0, 0.05) is 13.1 Å². The van der Waals surface area contributed by atoms with Gasteiger partial charge in [0.25, 0.3) is 16.0 Å². The van der Waals surface area contributed by atoms with Crippen molar-refractivity contribution >= 4 is 16.0 Å². The number of hydrogen-bond acceptors (Lipinski definition) is 4. The van der Waals surface area contributed by atoms with Crippen LogP contribution in [-0.2, 0) is 10.0 Å². The van der Waals surface area contributed by atoms with Gasteiger partial charge in [-0.1, -0.05) is 18.2 Å². The van der Waals surface area contributed by atoms with Crippen LogP contribution < -0.4 is 5.32 Å². The Morgan fingerprint density at radius 3 is 2.63 bits per heavy atom. The van der Waals surface area contributed by atoms with E-state index < -0.39 is 15.1 Å². The summed E-state index contributed by atoms with van der Waals surface area (Å²) in [6.07, 6.45) is 0.558. The van der Waals surface area contributed by atoms with Crippen LogP contribution in [-0.4, -0.2) is 36.8 Å². The maximum atomic E-state index is 12.4. The van der Waals surface area contributed by atoms with Gasteiger partial charge in [-0.25, -0.2) is 22.8 Å². The number of benzene rings is 1. The van der Waals surface area contributed by atoms with E-state index >= 15 is 0 Å². The summed E-state index contributed by atoms with van der Waals surface area (Å²) >= 11 is 0. The van der Waals surface area contributed by atoms with E-state index in [0.717, 1.165) is 4.31 Å². The summed E-state index contributed by atoms with van der Waals surface area (Å²) < 4.78 is 25.6. The van der Waals surface area contributed by atoms with Crippen LogP contribution >= 0.6 is 0 Å². The Labute approximate surface area is 109 Å². The van der Waals surface area contributed by atoms with Crippen molar-refractivity contribution in [2.45, 2.75) is 11.3 Å². The molecule has 19 heavy (non-hydrogen) atoms. The molecular formula is C10H12N4O4S. The van der Waals surface area contributed by atoms with Crippen molar-refractivity contribution in [2.24, 2.45) is 5.10 Å². The summed E-state index contributed by atoms with van der Waals surface area (Å²) in [4.78, 5) is 10.5. The first-order valence-corrected chi connectivity index (χ1v) is 7.00. The van der Waals surface area contributed by atoms with Crippen molar-refractivity contribution < 1.29 is 13.5 Å². The summed E-state index contributed by atoms with van der Waals surface area (Å²) in [5, 5.41) is 15.2. The van der Waals surface area contributed by atoms with Gasteiger partial charge in [0.15, 0.2) is 5.03 Å². The predicted octanol–water partition coefficient (Wildman–Crippen LogP) is 0.218. The van der Waals surface area contributed by atoms with Crippen molar-refractivity contribution in [1.29, 1.82) is 0 Å². The van der Waals surface area contributed by atoms with E-state index in [1.807, 2.05) is 0 Å². The monoisotopic (exact) mass is 284 g/mol. The summed E-state index contributed by atoms with van der Waals surface area (Å²) in [7, 11) is -3.82. The van der Waals surface area contributed by atoms with Crippen molar-refractivity contribution in [3.05, 3.63) is 40.4 Å². The molecule has 0 unspecified atom stereocenters. The molecule has 1 aromatic rings. The first-order valence-electron chi connectivity index (χ1n) is 5.56. The van der Waals surface area contributed by atoms with Crippen LogP contribution in [0.2, 0.25) is 0 Å². The Morgan fingerprint density at radius 1 is 1.32 bits per heavy atom. The normalized spacial score (nSPS) is 18.1. The minimum absolute atomic E-state index is 0.0785. The van der Waals surface area contributed by atoms with Crippen LogP contribution in [0.1, 0.15) is 6.42 Å². The highest BCUT2D eigenvalue weighted by atomic mass is 32.2. The lowest BCUT2D eigenvalue weighted by atomic mass is 10.4. The second kappa shape index (κ2) is 5.22. The third-order valence-corrected chi connectivity index (χ3v) is 4.37. The van der Waals surface area contributed by atoms with E-state index in [1.54, 1.807) is 18.2 Å². The van der Waals surface area contributed by atoms with Crippen molar-refractivity contribution in [2.75, 3.05) is 13.1 Å². The molecule has 1 saturated heterocycles. The fraction of sp³-hybridized carbons (Fsp3) is 0.300. The van der Waals surface area contributed by atoms with E-state index in [-0.39, 0.29) is 17.4 Å². The van der Waals surface area contributed by atoms with E-state index in [0.29, 0.717) is 13.0 Å². The molecule has 0 bridgehead atoms. The first-order chi connectivity index (χ1) is 9.01. The second-order valence-electron chi connectivity index (χ2n) is 3.83. The van der Waals surface area contributed by atoms with Crippen molar-refractivity contribution in [1.82, 2.24) is 9.62 Å². The summed E-state index contributed by atoms with van der Waals surface area (Å²) in [5.41, 5.74) is 0. The molecule has 1 aliphatic heterocycles. The van der Waals surface area contributed by atoms with Crippen molar-refractivity contribution in [3.8, 4) is 0 Å². The van der Waals surface area contributed by atoms with Gasteiger partial charge in [-0.2, -0.15) is 0 Å². The van der Waals surface area contributed by atoms with Crippen LogP contribution in [0.5, 0.6) is 0 Å². The summed E-state index contributed by atoms with van der Waals surface area (Å²) in [6.45, 7) is 0.615. The molecule has 0 radical (unpaired) electrons. The number of guanidine groups is 1. The third kappa shape index (κ3) is 2.81. The third-order valence-electron chi connectivity index (χ3n) is 2.56. The number of rotatable bonds is 3. The number of nitrogens with zero attached hydrogens (tertiary/aromatic N) is 3. The molecule has 0 aliphatic carbocycles. The van der Waals surface area contributed by atoms with Crippen LogP contribution in [0.15, 0.2) is 40.3 Å². The standard InChI is InChI=1S/C10H12N4O4S/c15-14(16)12-10-11-7-4-8-13(10)19(17,18)9-5-2-1-3-6-9/h1-3,5-6H,4,7-8H2,(H,11,12).